The number of thiophene rings is 1. The van der Waals surface area contributed by atoms with Gasteiger partial charge in [-0.15, -0.1) is 11.3 Å². The molecule has 0 aliphatic rings. The summed E-state index contributed by atoms with van der Waals surface area (Å²) in [5, 5.41) is 8.17. The minimum absolute atomic E-state index is 0.0555. The molecule has 0 fully saturated rings. The van der Waals surface area contributed by atoms with E-state index in [0.717, 1.165) is 22.1 Å². The maximum Gasteiger partial charge on any atom is 0.221 e. The SMILES string of the molecule is CC(=O)Nc1ccsc1CNc1cccnc1N(C)C. The van der Waals surface area contributed by atoms with E-state index in [9.17, 15) is 4.79 Å². The molecular formula is C14H18N4OS. The van der Waals surface area contributed by atoms with Crippen molar-refractivity contribution in [1.29, 1.82) is 0 Å². The third-order valence-corrected chi connectivity index (χ3v) is 3.63. The molecule has 0 aliphatic heterocycles. The molecule has 2 N–H and O–H groups in total. The van der Waals surface area contributed by atoms with E-state index in [0.29, 0.717) is 6.54 Å². The van der Waals surface area contributed by atoms with Crippen molar-refractivity contribution in [2.75, 3.05) is 29.6 Å². The quantitative estimate of drug-likeness (QED) is 0.889. The fourth-order valence-corrected chi connectivity index (χ4v) is 2.62. The Labute approximate surface area is 122 Å². The monoisotopic (exact) mass is 290 g/mol. The van der Waals surface area contributed by atoms with Gasteiger partial charge in [-0.05, 0) is 23.6 Å². The molecule has 2 rings (SSSR count). The Hall–Kier alpha value is -2.08. The zero-order chi connectivity index (χ0) is 14.5. The Balaban J connectivity index is 2.09. The molecule has 0 atom stereocenters. The van der Waals surface area contributed by atoms with Crippen LogP contribution in [0.15, 0.2) is 29.8 Å². The van der Waals surface area contributed by atoms with Gasteiger partial charge in [-0.25, -0.2) is 4.98 Å². The zero-order valence-corrected chi connectivity index (χ0v) is 12.6. The van der Waals surface area contributed by atoms with Crippen LogP contribution in [0.5, 0.6) is 0 Å². The Kier molecular flexibility index (Phi) is 4.57. The minimum atomic E-state index is -0.0555. The van der Waals surface area contributed by atoms with Crippen LogP contribution in [-0.2, 0) is 11.3 Å². The van der Waals surface area contributed by atoms with Crippen LogP contribution in [0.4, 0.5) is 17.2 Å². The lowest BCUT2D eigenvalue weighted by Gasteiger charge is -2.16. The Morgan fingerprint density at radius 1 is 1.35 bits per heavy atom. The predicted molar refractivity (Wildman–Crippen MR) is 84.5 cm³/mol. The highest BCUT2D eigenvalue weighted by molar-refractivity contribution is 7.10. The van der Waals surface area contributed by atoms with Crippen LogP contribution in [0.3, 0.4) is 0 Å². The van der Waals surface area contributed by atoms with E-state index in [1.807, 2.05) is 42.6 Å². The van der Waals surface area contributed by atoms with Crippen LogP contribution in [-0.4, -0.2) is 25.0 Å². The van der Waals surface area contributed by atoms with Gasteiger partial charge in [0.1, 0.15) is 0 Å². The van der Waals surface area contributed by atoms with E-state index in [1.54, 1.807) is 17.5 Å². The van der Waals surface area contributed by atoms with Gasteiger partial charge in [-0.3, -0.25) is 4.79 Å². The number of rotatable bonds is 5. The first-order valence-electron chi connectivity index (χ1n) is 6.28. The van der Waals surface area contributed by atoms with Gasteiger partial charge in [0.25, 0.3) is 0 Å². The lowest BCUT2D eigenvalue weighted by atomic mass is 10.3. The first-order valence-corrected chi connectivity index (χ1v) is 7.16. The van der Waals surface area contributed by atoms with Crippen LogP contribution in [0.25, 0.3) is 0 Å². The number of pyridine rings is 1. The van der Waals surface area contributed by atoms with Gasteiger partial charge in [-0.1, -0.05) is 0 Å². The van der Waals surface area contributed by atoms with E-state index in [-0.39, 0.29) is 5.91 Å². The number of aromatic nitrogens is 1. The third kappa shape index (κ3) is 3.48. The third-order valence-electron chi connectivity index (χ3n) is 2.71. The van der Waals surface area contributed by atoms with Gasteiger partial charge < -0.3 is 15.5 Å². The molecule has 0 aliphatic carbocycles. The van der Waals surface area contributed by atoms with Crippen molar-refractivity contribution in [3.05, 3.63) is 34.7 Å². The van der Waals surface area contributed by atoms with Gasteiger partial charge in [0, 0.05) is 32.1 Å². The number of carbonyl (C=O) groups is 1. The molecule has 20 heavy (non-hydrogen) atoms. The van der Waals surface area contributed by atoms with Crippen molar-refractivity contribution in [3.8, 4) is 0 Å². The van der Waals surface area contributed by atoms with Crippen molar-refractivity contribution < 1.29 is 4.79 Å². The molecule has 6 heteroatoms. The number of nitrogens with one attached hydrogen (secondary N) is 2. The summed E-state index contributed by atoms with van der Waals surface area (Å²) in [5.41, 5.74) is 1.84. The Morgan fingerprint density at radius 3 is 2.85 bits per heavy atom. The molecule has 0 radical (unpaired) electrons. The molecule has 0 aromatic carbocycles. The summed E-state index contributed by atoms with van der Waals surface area (Å²) in [5.74, 6) is 0.838. The molecule has 106 valence electrons. The summed E-state index contributed by atoms with van der Waals surface area (Å²) in [6.07, 6.45) is 1.77. The molecule has 1 amide bonds. The number of amides is 1. The summed E-state index contributed by atoms with van der Waals surface area (Å²) < 4.78 is 0. The van der Waals surface area contributed by atoms with Gasteiger partial charge in [0.2, 0.25) is 5.91 Å². The maximum absolute atomic E-state index is 11.1. The van der Waals surface area contributed by atoms with Gasteiger partial charge in [0.05, 0.1) is 17.9 Å². The van der Waals surface area contributed by atoms with Crippen LogP contribution in [0.1, 0.15) is 11.8 Å². The molecule has 0 unspecified atom stereocenters. The van der Waals surface area contributed by atoms with Crippen molar-refractivity contribution >= 4 is 34.4 Å². The summed E-state index contributed by atoms with van der Waals surface area (Å²) in [4.78, 5) is 18.5. The van der Waals surface area contributed by atoms with Crippen molar-refractivity contribution in [2.45, 2.75) is 13.5 Å². The fourth-order valence-electron chi connectivity index (χ4n) is 1.85. The van der Waals surface area contributed by atoms with E-state index in [4.69, 9.17) is 0 Å². The standard InChI is InChI=1S/C14H18N4OS/c1-10(19)17-11-6-8-20-13(11)9-16-12-5-4-7-15-14(12)18(2)3/h4-8,16H,9H2,1-3H3,(H,17,19). The Morgan fingerprint density at radius 2 is 2.15 bits per heavy atom. The highest BCUT2D eigenvalue weighted by atomic mass is 32.1. The highest BCUT2D eigenvalue weighted by Gasteiger charge is 2.08. The summed E-state index contributed by atoms with van der Waals surface area (Å²) >= 11 is 1.61. The molecule has 0 bridgehead atoms. The van der Waals surface area contributed by atoms with Crippen molar-refractivity contribution in [1.82, 2.24) is 4.98 Å². The van der Waals surface area contributed by atoms with Gasteiger partial charge in [-0.2, -0.15) is 0 Å². The number of anilines is 3. The van der Waals surface area contributed by atoms with E-state index in [1.165, 1.54) is 6.92 Å². The summed E-state index contributed by atoms with van der Waals surface area (Å²) in [6, 6.07) is 5.81. The average molecular weight is 290 g/mol. The number of hydrogen-bond donors (Lipinski definition) is 2. The lowest BCUT2D eigenvalue weighted by molar-refractivity contribution is -0.114. The second-order valence-electron chi connectivity index (χ2n) is 4.56. The predicted octanol–water partition coefficient (Wildman–Crippen LogP) is 2.78. The maximum atomic E-state index is 11.1. The minimum Gasteiger partial charge on any atom is -0.377 e. The van der Waals surface area contributed by atoms with E-state index < -0.39 is 0 Å². The largest absolute Gasteiger partial charge is 0.377 e. The second kappa shape index (κ2) is 6.38. The smallest absolute Gasteiger partial charge is 0.221 e. The zero-order valence-electron chi connectivity index (χ0n) is 11.8. The second-order valence-corrected chi connectivity index (χ2v) is 5.56. The molecular weight excluding hydrogens is 272 g/mol. The molecule has 0 saturated heterocycles. The number of nitrogens with zero attached hydrogens (tertiary/aromatic N) is 2. The van der Waals surface area contributed by atoms with Crippen LogP contribution in [0, 0.1) is 0 Å². The average Bonchev–Trinajstić information content (AvgIpc) is 2.83. The van der Waals surface area contributed by atoms with Crippen LogP contribution in [0.2, 0.25) is 0 Å². The van der Waals surface area contributed by atoms with Gasteiger partial charge in [0.15, 0.2) is 5.82 Å². The van der Waals surface area contributed by atoms with Crippen molar-refractivity contribution in [2.24, 2.45) is 0 Å². The fraction of sp³-hybridized carbons (Fsp3) is 0.286. The molecule has 0 saturated carbocycles. The molecule has 5 nitrogen and oxygen atoms in total. The first kappa shape index (κ1) is 14.3. The topological polar surface area (TPSA) is 57.3 Å². The van der Waals surface area contributed by atoms with Crippen LogP contribution >= 0.6 is 11.3 Å². The van der Waals surface area contributed by atoms with E-state index in [2.05, 4.69) is 15.6 Å². The van der Waals surface area contributed by atoms with Crippen LogP contribution < -0.4 is 15.5 Å². The number of hydrogen-bond acceptors (Lipinski definition) is 5. The molecule has 0 spiro atoms. The summed E-state index contributed by atoms with van der Waals surface area (Å²) in [6.45, 7) is 2.17. The number of carbonyl (C=O) groups excluding carboxylic acids is 1. The summed E-state index contributed by atoms with van der Waals surface area (Å²) in [7, 11) is 3.92. The highest BCUT2D eigenvalue weighted by Crippen LogP contribution is 2.26. The molecule has 2 heterocycles. The normalized spacial score (nSPS) is 10.2. The van der Waals surface area contributed by atoms with Gasteiger partial charge >= 0.3 is 0 Å². The molecule has 2 aromatic heterocycles. The van der Waals surface area contributed by atoms with E-state index >= 15 is 0 Å². The Bertz CT molecular complexity index is 594. The first-order chi connectivity index (χ1) is 9.58. The molecule has 2 aromatic rings. The lowest BCUT2D eigenvalue weighted by Crippen LogP contribution is -2.14. The van der Waals surface area contributed by atoms with Crippen molar-refractivity contribution in [3.63, 3.8) is 0 Å².